The fourth-order valence-electron chi connectivity index (χ4n) is 4.96. The maximum absolute atomic E-state index is 13.1. The van der Waals surface area contributed by atoms with Crippen LogP contribution in [0.15, 0.2) is 46.7 Å². The van der Waals surface area contributed by atoms with Gasteiger partial charge in [0.25, 0.3) is 0 Å². The van der Waals surface area contributed by atoms with Gasteiger partial charge in [0.05, 0.1) is 0 Å². The molecule has 6 nitrogen and oxygen atoms in total. The first-order valence-corrected chi connectivity index (χ1v) is 11.7. The quantitative estimate of drug-likeness (QED) is 0.144. The number of fused-ring (bicyclic) bond motifs is 3. The number of unbranched alkanes of at least 4 members (excludes halogenated alkanes) is 2. The number of ketones is 2. The second kappa shape index (κ2) is 10.1. The van der Waals surface area contributed by atoms with Crippen molar-refractivity contribution in [2.24, 2.45) is 10.3 Å². The van der Waals surface area contributed by atoms with Gasteiger partial charge in [-0.15, -0.1) is 0 Å². The first-order valence-electron chi connectivity index (χ1n) is 11.7. The van der Waals surface area contributed by atoms with Crippen molar-refractivity contribution in [3.8, 4) is 11.1 Å². The van der Waals surface area contributed by atoms with Crippen LogP contribution in [0.4, 0.5) is 0 Å². The lowest BCUT2D eigenvalue weighted by molar-refractivity contribution is 0.105. The van der Waals surface area contributed by atoms with Gasteiger partial charge in [0, 0.05) is 16.5 Å². The second-order valence-electron chi connectivity index (χ2n) is 8.66. The maximum Gasteiger partial charge on any atom is 0.210 e. The number of nitrogens with zero attached hydrogens (tertiary/aromatic N) is 2. The molecule has 2 N–H and O–H groups in total. The molecule has 0 unspecified atom stereocenters. The Kier molecular flexibility index (Phi) is 7.46. The summed E-state index contributed by atoms with van der Waals surface area (Å²) in [5.74, 6) is -0.566. The van der Waals surface area contributed by atoms with Crippen molar-refractivity contribution >= 4 is 23.0 Å². The molecule has 0 aromatic heterocycles. The Hall–Kier alpha value is -3.28. The highest BCUT2D eigenvalue weighted by Gasteiger charge is 2.41. The smallest absolute Gasteiger partial charge is 0.210 e. The molecular weight excluding hydrogens is 416 g/mol. The van der Waals surface area contributed by atoms with E-state index in [1.807, 2.05) is 24.3 Å². The van der Waals surface area contributed by atoms with Gasteiger partial charge in [-0.1, -0.05) is 68.2 Å². The number of carbonyl (C=O) groups excluding carboxylic acids is 2. The molecule has 0 radical (unpaired) electrons. The third-order valence-corrected chi connectivity index (χ3v) is 6.97. The number of oxime groups is 2. The number of hydrogen-bond acceptors (Lipinski definition) is 6. The molecule has 0 bridgehead atoms. The SMILES string of the molecule is CCCCC/C(=N\O)C(=O)c1ccc2c(c1)C(CC)(CC)c1cc(C(=O)/C(C)=N/O)ccc1-2. The highest BCUT2D eigenvalue weighted by Crippen LogP contribution is 2.53. The predicted octanol–water partition coefficient (Wildman–Crippen LogP) is 6.40. The summed E-state index contributed by atoms with van der Waals surface area (Å²) in [6.45, 7) is 7.78. The molecule has 0 spiro atoms. The first kappa shape index (κ1) is 24.4. The van der Waals surface area contributed by atoms with Crippen LogP contribution in [0.25, 0.3) is 11.1 Å². The Labute approximate surface area is 195 Å². The molecule has 174 valence electrons. The number of Topliss-reactive ketones (excluding diaryl/α,β-unsaturated/α-hetero) is 2. The maximum atomic E-state index is 13.1. The minimum absolute atomic E-state index is 0.0378. The monoisotopic (exact) mass is 448 g/mol. The zero-order valence-corrected chi connectivity index (χ0v) is 19.8. The molecular formula is C27H32N2O4. The Morgan fingerprint density at radius 1 is 0.818 bits per heavy atom. The lowest BCUT2D eigenvalue weighted by atomic mass is 9.73. The van der Waals surface area contributed by atoms with E-state index in [0.29, 0.717) is 17.5 Å². The summed E-state index contributed by atoms with van der Waals surface area (Å²) in [4.78, 5) is 25.7. The van der Waals surface area contributed by atoms with Gasteiger partial charge in [0.15, 0.2) is 0 Å². The molecule has 0 aliphatic heterocycles. The van der Waals surface area contributed by atoms with E-state index in [4.69, 9.17) is 5.21 Å². The van der Waals surface area contributed by atoms with E-state index in [0.717, 1.165) is 54.4 Å². The van der Waals surface area contributed by atoms with Crippen molar-refractivity contribution in [1.82, 2.24) is 0 Å². The standard InChI is InChI=1S/C27H32N2O4/c1-5-8-9-10-24(29-33)26(31)19-12-14-21-20-13-11-18(25(30)17(4)28-32)15-22(20)27(6-2,7-3)23(21)16-19/h11-16,32-33H,5-10H2,1-4H3/b28-17+,29-24+. The van der Waals surface area contributed by atoms with Crippen LogP contribution in [-0.2, 0) is 5.41 Å². The Morgan fingerprint density at radius 2 is 1.36 bits per heavy atom. The lowest BCUT2D eigenvalue weighted by Gasteiger charge is -2.30. The van der Waals surface area contributed by atoms with E-state index in [9.17, 15) is 14.8 Å². The van der Waals surface area contributed by atoms with Gasteiger partial charge in [-0.25, -0.2) is 0 Å². The van der Waals surface area contributed by atoms with E-state index in [2.05, 4.69) is 31.1 Å². The van der Waals surface area contributed by atoms with E-state index >= 15 is 0 Å². The van der Waals surface area contributed by atoms with Crippen LogP contribution in [0.5, 0.6) is 0 Å². The van der Waals surface area contributed by atoms with Gasteiger partial charge in [-0.05, 0) is 67.0 Å². The topological polar surface area (TPSA) is 99.3 Å². The number of carbonyl (C=O) groups is 2. The van der Waals surface area contributed by atoms with Gasteiger partial charge in [0.1, 0.15) is 11.4 Å². The molecule has 1 aliphatic rings. The minimum atomic E-state index is -0.347. The Morgan fingerprint density at radius 3 is 1.82 bits per heavy atom. The van der Waals surface area contributed by atoms with Gasteiger partial charge < -0.3 is 10.4 Å². The van der Waals surface area contributed by atoms with Crippen LogP contribution >= 0.6 is 0 Å². The highest BCUT2D eigenvalue weighted by atomic mass is 16.4. The van der Waals surface area contributed by atoms with E-state index < -0.39 is 0 Å². The van der Waals surface area contributed by atoms with Crippen LogP contribution in [0.3, 0.4) is 0 Å². The van der Waals surface area contributed by atoms with Crippen LogP contribution < -0.4 is 0 Å². The molecule has 0 atom stereocenters. The van der Waals surface area contributed by atoms with Crippen molar-refractivity contribution in [1.29, 1.82) is 0 Å². The summed E-state index contributed by atoms with van der Waals surface area (Å²) in [5.41, 5.74) is 5.05. The number of benzene rings is 2. The molecule has 0 amide bonds. The Bertz CT molecular complexity index is 1130. The lowest BCUT2D eigenvalue weighted by Crippen LogP contribution is -2.24. The molecule has 33 heavy (non-hydrogen) atoms. The summed E-state index contributed by atoms with van der Waals surface area (Å²) < 4.78 is 0. The predicted molar refractivity (Wildman–Crippen MR) is 130 cm³/mol. The summed E-state index contributed by atoms with van der Waals surface area (Å²) in [5, 5.41) is 24.8. The van der Waals surface area contributed by atoms with Crippen molar-refractivity contribution in [3.05, 3.63) is 58.7 Å². The van der Waals surface area contributed by atoms with Crippen LogP contribution in [0, 0.1) is 0 Å². The molecule has 2 aromatic rings. The molecule has 0 saturated heterocycles. The number of rotatable bonds is 10. The molecule has 0 heterocycles. The summed E-state index contributed by atoms with van der Waals surface area (Å²) in [7, 11) is 0. The second-order valence-corrected chi connectivity index (χ2v) is 8.66. The van der Waals surface area contributed by atoms with Crippen molar-refractivity contribution in [2.45, 2.75) is 71.6 Å². The largest absolute Gasteiger partial charge is 0.411 e. The van der Waals surface area contributed by atoms with Crippen LogP contribution in [0.2, 0.25) is 0 Å². The molecule has 3 rings (SSSR count). The Balaban J connectivity index is 2.08. The minimum Gasteiger partial charge on any atom is -0.411 e. The molecule has 6 heteroatoms. The molecule has 1 aliphatic carbocycles. The van der Waals surface area contributed by atoms with Crippen molar-refractivity contribution in [3.63, 3.8) is 0 Å². The van der Waals surface area contributed by atoms with Crippen LogP contribution in [0.1, 0.15) is 98.1 Å². The zero-order chi connectivity index (χ0) is 24.2. The van der Waals surface area contributed by atoms with Gasteiger partial charge >= 0.3 is 0 Å². The summed E-state index contributed by atoms with van der Waals surface area (Å²) >= 11 is 0. The molecule has 0 saturated carbocycles. The normalized spacial score (nSPS) is 14.7. The average molecular weight is 449 g/mol. The first-order chi connectivity index (χ1) is 15.9. The summed E-state index contributed by atoms with van der Waals surface area (Å²) in [6, 6.07) is 11.3. The van der Waals surface area contributed by atoms with Gasteiger partial charge in [0.2, 0.25) is 11.6 Å². The van der Waals surface area contributed by atoms with E-state index in [1.165, 1.54) is 6.92 Å². The summed E-state index contributed by atoms with van der Waals surface area (Å²) in [6.07, 6.45) is 4.84. The van der Waals surface area contributed by atoms with E-state index in [1.54, 1.807) is 12.1 Å². The fourth-order valence-corrected chi connectivity index (χ4v) is 4.96. The highest BCUT2D eigenvalue weighted by molar-refractivity contribution is 6.46. The average Bonchev–Trinajstić information content (AvgIpc) is 3.13. The zero-order valence-electron chi connectivity index (χ0n) is 19.8. The third kappa shape index (κ3) is 4.22. The van der Waals surface area contributed by atoms with Crippen molar-refractivity contribution in [2.75, 3.05) is 0 Å². The van der Waals surface area contributed by atoms with E-state index in [-0.39, 0.29) is 28.4 Å². The van der Waals surface area contributed by atoms with Crippen molar-refractivity contribution < 1.29 is 20.0 Å². The molecule has 2 aromatic carbocycles. The van der Waals surface area contributed by atoms with Gasteiger partial charge in [-0.3, -0.25) is 9.59 Å². The molecule has 0 fully saturated rings. The fraction of sp³-hybridized carbons (Fsp3) is 0.407. The number of hydrogen-bond donors (Lipinski definition) is 2. The third-order valence-electron chi connectivity index (χ3n) is 6.97. The van der Waals surface area contributed by atoms with Crippen LogP contribution in [-0.4, -0.2) is 33.4 Å². The van der Waals surface area contributed by atoms with Gasteiger partial charge in [-0.2, -0.15) is 0 Å².